The molecule has 0 spiro atoms. The van der Waals surface area contributed by atoms with Crippen LogP contribution in [0.5, 0.6) is 0 Å². The second-order valence-corrected chi connectivity index (χ2v) is 4.61. The molecule has 0 atom stereocenters. The van der Waals surface area contributed by atoms with Gasteiger partial charge in [-0.05, 0) is 7.05 Å². The molecule has 9 heteroatoms. The molecule has 20 heavy (non-hydrogen) atoms. The number of hydrogen-bond donors (Lipinski definition) is 2. The van der Waals surface area contributed by atoms with E-state index in [2.05, 4.69) is 25.6 Å². The summed E-state index contributed by atoms with van der Waals surface area (Å²) in [6.07, 6.45) is -4.56. The summed E-state index contributed by atoms with van der Waals surface area (Å²) in [5.74, 6) is -0.883. The van der Waals surface area contributed by atoms with Gasteiger partial charge in [-0.3, -0.25) is 0 Å². The Morgan fingerprint density at radius 3 is 2.25 bits per heavy atom. The lowest BCUT2D eigenvalue weighted by molar-refractivity contribution is -0.144. The summed E-state index contributed by atoms with van der Waals surface area (Å²) in [5, 5.41) is 4.46. The van der Waals surface area contributed by atoms with Crippen LogP contribution >= 0.6 is 0 Å². The lowest BCUT2D eigenvalue weighted by atomic mass is 10.4. The monoisotopic (exact) mass is 290 g/mol. The molecule has 6 nitrogen and oxygen atoms in total. The highest BCUT2D eigenvalue weighted by molar-refractivity contribution is 5.47. The molecule has 2 heterocycles. The van der Waals surface area contributed by atoms with Gasteiger partial charge >= 0.3 is 6.18 Å². The zero-order valence-corrected chi connectivity index (χ0v) is 11.3. The first-order valence-electron chi connectivity index (χ1n) is 6.22. The molecule has 0 saturated carbocycles. The third-order valence-corrected chi connectivity index (χ3v) is 3.01. The third-order valence-electron chi connectivity index (χ3n) is 3.01. The minimum Gasteiger partial charge on any atom is -0.373 e. The first-order valence-corrected chi connectivity index (χ1v) is 6.22. The number of nitrogens with zero attached hydrogens (tertiary/aromatic N) is 4. The van der Waals surface area contributed by atoms with Crippen LogP contribution in [-0.2, 0) is 6.18 Å². The Kier molecular flexibility index (Phi) is 4.29. The van der Waals surface area contributed by atoms with Gasteiger partial charge in [-0.1, -0.05) is 0 Å². The maximum absolute atomic E-state index is 12.7. The van der Waals surface area contributed by atoms with Crippen molar-refractivity contribution in [2.75, 3.05) is 51.0 Å². The second-order valence-electron chi connectivity index (χ2n) is 4.61. The van der Waals surface area contributed by atoms with Crippen LogP contribution < -0.4 is 10.7 Å². The van der Waals surface area contributed by atoms with Gasteiger partial charge in [0.2, 0.25) is 5.82 Å². The molecule has 1 fully saturated rings. The summed E-state index contributed by atoms with van der Waals surface area (Å²) in [7, 11) is 3.52. The van der Waals surface area contributed by atoms with Gasteiger partial charge in [-0.2, -0.15) is 13.2 Å². The van der Waals surface area contributed by atoms with Gasteiger partial charge in [-0.15, -0.1) is 0 Å². The van der Waals surface area contributed by atoms with Gasteiger partial charge in [0.05, 0.1) is 0 Å². The summed E-state index contributed by atoms with van der Waals surface area (Å²) in [6, 6.07) is 1.45. The summed E-state index contributed by atoms with van der Waals surface area (Å²) in [5.41, 5.74) is 2.90. The number of rotatable bonds is 3. The van der Waals surface area contributed by atoms with Crippen LogP contribution in [-0.4, -0.2) is 60.2 Å². The van der Waals surface area contributed by atoms with Crippen LogP contribution in [0.25, 0.3) is 0 Å². The standard InChI is InChI=1S/C11H17F3N6/c1-15-8-7-9(17-10(16-8)11(12,13)14)18-20-5-3-19(2)4-6-20/h7H,3-6H2,1-2H3,(H2,15,16,17,18). The van der Waals surface area contributed by atoms with E-state index in [4.69, 9.17) is 0 Å². The number of aromatic nitrogens is 2. The molecule has 1 aliphatic heterocycles. The molecule has 0 amide bonds. The Morgan fingerprint density at radius 2 is 1.70 bits per heavy atom. The minimum absolute atomic E-state index is 0.129. The van der Waals surface area contributed by atoms with Crippen LogP contribution in [0.15, 0.2) is 6.07 Å². The van der Waals surface area contributed by atoms with Crippen molar-refractivity contribution in [1.29, 1.82) is 0 Å². The van der Waals surface area contributed by atoms with Crippen molar-refractivity contribution in [1.82, 2.24) is 19.9 Å². The van der Waals surface area contributed by atoms with Gasteiger partial charge in [0, 0.05) is 39.3 Å². The molecule has 112 valence electrons. The molecule has 2 N–H and O–H groups in total. The third kappa shape index (κ3) is 3.70. The summed E-state index contributed by atoms with van der Waals surface area (Å²) < 4.78 is 38.1. The highest BCUT2D eigenvalue weighted by Gasteiger charge is 2.35. The van der Waals surface area contributed by atoms with Gasteiger partial charge in [0.25, 0.3) is 0 Å². The number of nitrogens with one attached hydrogen (secondary N) is 2. The molecular weight excluding hydrogens is 273 g/mol. The molecule has 1 saturated heterocycles. The molecular formula is C11H17F3N6. The predicted molar refractivity (Wildman–Crippen MR) is 69.3 cm³/mol. The Hall–Kier alpha value is -1.61. The SMILES string of the molecule is CNc1cc(NN2CCN(C)CC2)nc(C(F)(F)F)n1. The maximum Gasteiger partial charge on any atom is 0.451 e. The molecule has 1 aromatic heterocycles. The zero-order chi connectivity index (χ0) is 14.8. The van der Waals surface area contributed by atoms with E-state index in [1.54, 1.807) is 0 Å². The van der Waals surface area contributed by atoms with Gasteiger partial charge in [0.15, 0.2) is 0 Å². The van der Waals surface area contributed by atoms with E-state index in [9.17, 15) is 13.2 Å². The van der Waals surface area contributed by atoms with E-state index in [0.29, 0.717) is 0 Å². The largest absolute Gasteiger partial charge is 0.451 e. The fraction of sp³-hybridized carbons (Fsp3) is 0.636. The molecule has 0 bridgehead atoms. The molecule has 1 aromatic rings. The topological polar surface area (TPSA) is 56.3 Å². The van der Waals surface area contributed by atoms with Gasteiger partial charge in [0.1, 0.15) is 11.6 Å². The van der Waals surface area contributed by atoms with Crippen LogP contribution in [0.2, 0.25) is 0 Å². The van der Waals surface area contributed by atoms with E-state index < -0.39 is 12.0 Å². The molecule has 0 unspecified atom stereocenters. The molecule has 0 aliphatic carbocycles. The highest BCUT2D eigenvalue weighted by Crippen LogP contribution is 2.28. The lowest BCUT2D eigenvalue weighted by Crippen LogP contribution is -2.47. The van der Waals surface area contributed by atoms with Crippen molar-refractivity contribution in [3.8, 4) is 0 Å². The number of piperazine rings is 1. The van der Waals surface area contributed by atoms with Crippen molar-refractivity contribution >= 4 is 11.6 Å². The fourth-order valence-electron chi connectivity index (χ4n) is 1.84. The van der Waals surface area contributed by atoms with Crippen LogP contribution in [0.4, 0.5) is 24.8 Å². The summed E-state index contributed by atoms with van der Waals surface area (Å²) in [4.78, 5) is 9.09. The predicted octanol–water partition coefficient (Wildman–Crippen LogP) is 1.11. The van der Waals surface area contributed by atoms with Gasteiger partial charge < -0.3 is 15.6 Å². The smallest absolute Gasteiger partial charge is 0.373 e. The summed E-state index contributed by atoms with van der Waals surface area (Å²) in [6.45, 7) is 3.14. The van der Waals surface area contributed by atoms with Crippen molar-refractivity contribution in [2.45, 2.75) is 6.18 Å². The van der Waals surface area contributed by atoms with Crippen molar-refractivity contribution in [3.05, 3.63) is 11.9 Å². The quantitative estimate of drug-likeness (QED) is 0.870. The Labute approximate surface area is 115 Å². The van der Waals surface area contributed by atoms with Crippen LogP contribution in [0.1, 0.15) is 5.82 Å². The van der Waals surface area contributed by atoms with Crippen LogP contribution in [0, 0.1) is 0 Å². The normalized spacial score (nSPS) is 18.1. The van der Waals surface area contributed by atoms with E-state index >= 15 is 0 Å². The summed E-state index contributed by atoms with van der Waals surface area (Å²) >= 11 is 0. The van der Waals surface area contributed by atoms with E-state index in [0.717, 1.165) is 26.2 Å². The van der Waals surface area contributed by atoms with Crippen molar-refractivity contribution in [2.24, 2.45) is 0 Å². The van der Waals surface area contributed by atoms with E-state index in [-0.39, 0.29) is 11.6 Å². The Bertz CT molecular complexity index is 456. The number of halogens is 3. The number of anilines is 2. The number of alkyl halides is 3. The van der Waals surface area contributed by atoms with E-state index in [1.165, 1.54) is 13.1 Å². The maximum atomic E-state index is 12.7. The Morgan fingerprint density at radius 1 is 1.10 bits per heavy atom. The zero-order valence-electron chi connectivity index (χ0n) is 11.3. The van der Waals surface area contributed by atoms with Gasteiger partial charge in [-0.25, -0.2) is 15.0 Å². The van der Waals surface area contributed by atoms with Crippen molar-refractivity contribution < 1.29 is 13.2 Å². The average molecular weight is 290 g/mol. The fourth-order valence-corrected chi connectivity index (χ4v) is 1.84. The number of hydrazine groups is 1. The first-order chi connectivity index (χ1) is 9.38. The Balaban J connectivity index is 2.14. The molecule has 0 aromatic carbocycles. The molecule has 0 radical (unpaired) electrons. The minimum atomic E-state index is -4.56. The first kappa shape index (κ1) is 14.8. The molecule has 1 aliphatic rings. The van der Waals surface area contributed by atoms with Crippen molar-refractivity contribution in [3.63, 3.8) is 0 Å². The molecule has 2 rings (SSSR count). The number of hydrogen-bond acceptors (Lipinski definition) is 6. The average Bonchev–Trinajstić information content (AvgIpc) is 2.40. The highest BCUT2D eigenvalue weighted by atomic mass is 19.4. The van der Waals surface area contributed by atoms with E-state index in [1.807, 2.05) is 12.1 Å². The lowest BCUT2D eigenvalue weighted by Gasteiger charge is -2.32. The number of likely N-dealkylation sites (N-methyl/N-ethyl adjacent to an activating group) is 1. The van der Waals surface area contributed by atoms with Crippen LogP contribution in [0.3, 0.4) is 0 Å². The second kappa shape index (κ2) is 5.80.